The van der Waals surface area contributed by atoms with Crippen LogP contribution >= 0.6 is 0 Å². The molecule has 1 amide bonds. The van der Waals surface area contributed by atoms with Crippen LogP contribution in [0, 0.1) is 16.0 Å². The molecular formula is C12H15N3O3. The maximum atomic E-state index is 12.0. The number of non-ortho nitro benzene ring substituents is 1. The molecule has 2 N–H and O–H groups in total. The first-order chi connectivity index (χ1) is 8.58. The van der Waals surface area contributed by atoms with E-state index in [4.69, 9.17) is 0 Å². The van der Waals surface area contributed by atoms with E-state index in [-0.39, 0.29) is 23.6 Å². The van der Waals surface area contributed by atoms with Crippen LogP contribution < -0.4 is 10.6 Å². The summed E-state index contributed by atoms with van der Waals surface area (Å²) in [6.07, 6.45) is 0.819. The first-order valence-electron chi connectivity index (χ1n) is 5.86. The minimum atomic E-state index is -0.464. The Morgan fingerprint density at radius 1 is 1.44 bits per heavy atom. The third kappa shape index (κ3) is 2.65. The van der Waals surface area contributed by atoms with Crippen LogP contribution in [0.15, 0.2) is 24.3 Å². The molecule has 1 heterocycles. The Morgan fingerprint density at radius 3 is 2.61 bits per heavy atom. The molecule has 2 rings (SSSR count). The van der Waals surface area contributed by atoms with Crippen LogP contribution in [-0.4, -0.2) is 23.4 Å². The van der Waals surface area contributed by atoms with E-state index in [1.807, 2.05) is 6.92 Å². The Kier molecular flexibility index (Phi) is 3.57. The Labute approximate surface area is 105 Å². The summed E-state index contributed by atoms with van der Waals surface area (Å²) in [6.45, 7) is 2.83. The molecule has 1 fully saturated rings. The second kappa shape index (κ2) is 5.14. The van der Waals surface area contributed by atoms with Crippen molar-refractivity contribution in [3.63, 3.8) is 0 Å². The highest BCUT2D eigenvalue weighted by atomic mass is 16.6. The van der Waals surface area contributed by atoms with Gasteiger partial charge in [0.1, 0.15) is 0 Å². The lowest BCUT2D eigenvalue weighted by Gasteiger charge is -2.14. The molecule has 18 heavy (non-hydrogen) atoms. The number of hydrogen-bond donors (Lipinski definition) is 2. The topological polar surface area (TPSA) is 84.3 Å². The second-order valence-electron chi connectivity index (χ2n) is 4.43. The summed E-state index contributed by atoms with van der Waals surface area (Å²) in [5, 5.41) is 16.5. The second-order valence-corrected chi connectivity index (χ2v) is 4.43. The molecule has 6 heteroatoms. The zero-order valence-electron chi connectivity index (χ0n) is 10.1. The smallest absolute Gasteiger partial charge is 0.269 e. The molecule has 96 valence electrons. The molecule has 0 saturated carbocycles. The largest absolute Gasteiger partial charge is 0.326 e. The van der Waals surface area contributed by atoms with E-state index < -0.39 is 4.92 Å². The zero-order chi connectivity index (χ0) is 13.1. The highest BCUT2D eigenvalue weighted by Gasteiger charge is 2.29. The van der Waals surface area contributed by atoms with E-state index in [9.17, 15) is 14.9 Å². The number of nitrogens with zero attached hydrogens (tertiary/aromatic N) is 1. The van der Waals surface area contributed by atoms with E-state index in [0.717, 1.165) is 13.0 Å². The van der Waals surface area contributed by atoms with Crippen molar-refractivity contribution in [1.29, 1.82) is 0 Å². The molecular weight excluding hydrogens is 234 g/mol. The highest BCUT2D eigenvalue weighted by molar-refractivity contribution is 5.93. The van der Waals surface area contributed by atoms with Gasteiger partial charge in [-0.3, -0.25) is 14.9 Å². The average molecular weight is 249 g/mol. The summed E-state index contributed by atoms with van der Waals surface area (Å²) in [6, 6.07) is 6.02. The third-order valence-electron chi connectivity index (χ3n) is 3.21. The van der Waals surface area contributed by atoms with Crippen molar-refractivity contribution in [2.24, 2.45) is 5.92 Å². The number of anilines is 1. The number of nitro groups is 1. The van der Waals surface area contributed by atoms with Gasteiger partial charge in [0, 0.05) is 23.9 Å². The van der Waals surface area contributed by atoms with Crippen LogP contribution in [0.1, 0.15) is 13.3 Å². The van der Waals surface area contributed by atoms with Gasteiger partial charge in [0.05, 0.1) is 10.8 Å². The van der Waals surface area contributed by atoms with Gasteiger partial charge < -0.3 is 10.6 Å². The summed E-state index contributed by atoms with van der Waals surface area (Å²) < 4.78 is 0. The lowest BCUT2D eigenvalue weighted by atomic mass is 10.0. The van der Waals surface area contributed by atoms with Crippen LogP contribution in [-0.2, 0) is 4.79 Å². The SMILES string of the molecule is CC1NCCC1C(=O)Nc1ccc([N+](=O)[O-])cc1. The monoisotopic (exact) mass is 249 g/mol. The fourth-order valence-corrected chi connectivity index (χ4v) is 2.12. The minimum Gasteiger partial charge on any atom is -0.326 e. The first-order valence-corrected chi connectivity index (χ1v) is 5.86. The molecule has 0 aromatic heterocycles. The molecule has 0 bridgehead atoms. The van der Waals surface area contributed by atoms with E-state index in [0.29, 0.717) is 5.69 Å². The van der Waals surface area contributed by atoms with Crippen LogP contribution in [0.25, 0.3) is 0 Å². The van der Waals surface area contributed by atoms with Gasteiger partial charge in [-0.1, -0.05) is 0 Å². The summed E-state index contributed by atoms with van der Waals surface area (Å²) >= 11 is 0. The molecule has 1 aliphatic heterocycles. The van der Waals surface area contributed by atoms with Gasteiger partial charge in [-0.15, -0.1) is 0 Å². The molecule has 1 aliphatic rings. The van der Waals surface area contributed by atoms with Crippen molar-refractivity contribution in [1.82, 2.24) is 5.32 Å². The lowest BCUT2D eigenvalue weighted by Crippen LogP contribution is -2.32. The number of benzene rings is 1. The van der Waals surface area contributed by atoms with Crippen LogP contribution in [0.3, 0.4) is 0 Å². The molecule has 1 saturated heterocycles. The van der Waals surface area contributed by atoms with Gasteiger partial charge in [0.2, 0.25) is 5.91 Å². The average Bonchev–Trinajstić information content (AvgIpc) is 2.76. The summed E-state index contributed by atoms with van der Waals surface area (Å²) in [5.41, 5.74) is 0.605. The highest BCUT2D eigenvalue weighted by Crippen LogP contribution is 2.19. The van der Waals surface area contributed by atoms with Crippen molar-refractivity contribution in [2.45, 2.75) is 19.4 Å². The fourth-order valence-electron chi connectivity index (χ4n) is 2.12. The van der Waals surface area contributed by atoms with Crippen LogP contribution in [0.2, 0.25) is 0 Å². The molecule has 0 radical (unpaired) electrons. The van der Waals surface area contributed by atoms with Gasteiger partial charge in [-0.2, -0.15) is 0 Å². The number of carbonyl (C=O) groups excluding carboxylic acids is 1. The molecule has 2 unspecified atom stereocenters. The van der Waals surface area contributed by atoms with Crippen molar-refractivity contribution in [3.05, 3.63) is 34.4 Å². The molecule has 0 spiro atoms. The number of amides is 1. The number of nitrogens with one attached hydrogen (secondary N) is 2. The van der Waals surface area contributed by atoms with E-state index in [1.165, 1.54) is 12.1 Å². The predicted octanol–water partition coefficient (Wildman–Crippen LogP) is 1.53. The maximum Gasteiger partial charge on any atom is 0.269 e. The van der Waals surface area contributed by atoms with E-state index in [2.05, 4.69) is 10.6 Å². The Bertz CT molecular complexity index is 458. The Hall–Kier alpha value is -1.95. The first kappa shape index (κ1) is 12.5. The summed E-state index contributed by atoms with van der Waals surface area (Å²) in [7, 11) is 0. The number of hydrogen-bond acceptors (Lipinski definition) is 4. The van der Waals surface area contributed by atoms with Gasteiger partial charge >= 0.3 is 0 Å². The van der Waals surface area contributed by atoms with Gasteiger partial charge in [-0.05, 0) is 32.0 Å². The van der Waals surface area contributed by atoms with Gasteiger partial charge in [0.25, 0.3) is 5.69 Å². The molecule has 1 aromatic rings. The third-order valence-corrected chi connectivity index (χ3v) is 3.21. The summed E-state index contributed by atoms with van der Waals surface area (Å²) in [4.78, 5) is 22.0. The molecule has 0 aliphatic carbocycles. The van der Waals surface area contributed by atoms with E-state index >= 15 is 0 Å². The van der Waals surface area contributed by atoms with Gasteiger partial charge in [0.15, 0.2) is 0 Å². The lowest BCUT2D eigenvalue weighted by molar-refractivity contribution is -0.384. The molecule has 6 nitrogen and oxygen atoms in total. The Balaban J connectivity index is 2.00. The minimum absolute atomic E-state index is 0.0175. The van der Waals surface area contributed by atoms with Crippen molar-refractivity contribution >= 4 is 17.3 Å². The molecule has 2 atom stereocenters. The fraction of sp³-hybridized carbons (Fsp3) is 0.417. The van der Waals surface area contributed by atoms with E-state index in [1.54, 1.807) is 12.1 Å². The van der Waals surface area contributed by atoms with Crippen molar-refractivity contribution in [2.75, 3.05) is 11.9 Å². The van der Waals surface area contributed by atoms with Crippen LogP contribution in [0.5, 0.6) is 0 Å². The normalized spacial score (nSPS) is 22.7. The maximum absolute atomic E-state index is 12.0. The quantitative estimate of drug-likeness (QED) is 0.628. The standard InChI is InChI=1S/C12H15N3O3/c1-8-11(6-7-13-8)12(16)14-9-2-4-10(5-3-9)15(17)18/h2-5,8,11,13H,6-7H2,1H3,(H,14,16). The number of carbonyl (C=O) groups is 1. The number of nitro benzene ring substituents is 1. The Morgan fingerprint density at radius 2 is 2.11 bits per heavy atom. The molecule has 1 aromatic carbocycles. The van der Waals surface area contributed by atoms with Crippen molar-refractivity contribution < 1.29 is 9.72 Å². The number of rotatable bonds is 3. The summed E-state index contributed by atoms with van der Waals surface area (Å²) in [5.74, 6) is -0.0819. The van der Waals surface area contributed by atoms with Gasteiger partial charge in [-0.25, -0.2) is 0 Å². The van der Waals surface area contributed by atoms with Crippen LogP contribution in [0.4, 0.5) is 11.4 Å². The zero-order valence-corrected chi connectivity index (χ0v) is 10.1. The predicted molar refractivity (Wildman–Crippen MR) is 67.3 cm³/mol. The van der Waals surface area contributed by atoms with Crippen molar-refractivity contribution in [3.8, 4) is 0 Å².